The van der Waals surface area contributed by atoms with E-state index >= 15 is 0 Å². The summed E-state index contributed by atoms with van der Waals surface area (Å²) in [7, 11) is 1.57. The molecule has 2 rings (SSSR count). The Bertz CT molecular complexity index is 569. The first-order valence-corrected chi connectivity index (χ1v) is 8.70. The molecule has 132 valence electrons. The summed E-state index contributed by atoms with van der Waals surface area (Å²) in [6.45, 7) is 6.55. The molecule has 1 saturated heterocycles. The van der Waals surface area contributed by atoms with Crippen LogP contribution in [0.25, 0.3) is 0 Å². The summed E-state index contributed by atoms with van der Waals surface area (Å²) in [6, 6.07) is 8.05. The first-order valence-electron chi connectivity index (χ1n) is 8.70. The van der Waals surface area contributed by atoms with E-state index in [4.69, 9.17) is 4.74 Å². The molecule has 0 N–H and O–H groups in total. The van der Waals surface area contributed by atoms with Crippen LogP contribution < -0.4 is 0 Å². The standard InChI is InChI=1S/C19H28N2O3/c1-4-17(24-3)19(23)21-10-6-9-20(11-12-21)18(22)14-16-8-5-7-15(2)13-16/h5,7-8,13,17H,4,6,9-12,14H2,1-3H3. The molecule has 2 amide bonds. The van der Waals surface area contributed by atoms with Crippen LogP contribution in [0.15, 0.2) is 24.3 Å². The summed E-state index contributed by atoms with van der Waals surface area (Å²) in [5.41, 5.74) is 2.21. The number of benzene rings is 1. The molecule has 1 heterocycles. The average molecular weight is 332 g/mol. The van der Waals surface area contributed by atoms with Gasteiger partial charge in [-0.1, -0.05) is 36.8 Å². The molecule has 5 heteroatoms. The number of hydrogen-bond donors (Lipinski definition) is 0. The molecule has 0 bridgehead atoms. The second-order valence-electron chi connectivity index (χ2n) is 6.36. The first-order chi connectivity index (χ1) is 11.5. The molecule has 1 unspecified atom stereocenters. The van der Waals surface area contributed by atoms with Crippen molar-refractivity contribution in [3.8, 4) is 0 Å². The normalized spacial score (nSPS) is 16.6. The molecule has 0 radical (unpaired) electrons. The molecular formula is C19H28N2O3. The second-order valence-corrected chi connectivity index (χ2v) is 6.36. The van der Waals surface area contributed by atoms with Crippen LogP contribution in [0.2, 0.25) is 0 Å². The summed E-state index contributed by atoms with van der Waals surface area (Å²) in [5, 5.41) is 0. The first kappa shape index (κ1) is 18.5. The van der Waals surface area contributed by atoms with Gasteiger partial charge in [-0.05, 0) is 25.3 Å². The van der Waals surface area contributed by atoms with Crippen LogP contribution in [0.3, 0.4) is 0 Å². The number of amides is 2. The average Bonchev–Trinajstić information content (AvgIpc) is 2.82. The highest BCUT2D eigenvalue weighted by Gasteiger charge is 2.26. The maximum atomic E-state index is 12.6. The number of ether oxygens (including phenoxy) is 1. The minimum atomic E-state index is -0.375. The largest absolute Gasteiger partial charge is 0.372 e. The van der Waals surface area contributed by atoms with Gasteiger partial charge in [-0.25, -0.2) is 0 Å². The third kappa shape index (κ3) is 4.81. The Hall–Kier alpha value is -1.88. The zero-order chi connectivity index (χ0) is 17.5. The van der Waals surface area contributed by atoms with Gasteiger partial charge in [0, 0.05) is 33.3 Å². The van der Waals surface area contributed by atoms with Crippen LogP contribution in [-0.4, -0.2) is 61.0 Å². The molecule has 0 spiro atoms. The van der Waals surface area contributed by atoms with Gasteiger partial charge in [-0.3, -0.25) is 9.59 Å². The van der Waals surface area contributed by atoms with Gasteiger partial charge in [0.05, 0.1) is 6.42 Å². The smallest absolute Gasteiger partial charge is 0.251 e. The van der Waals surface area contributed by atoms with Crippen molar-refractivity contribution in [2.75, 3.05) is 33.3 Å². The van der Waals surface area contributed by atoms with E-state index in [0.29, 0.717) is 39.0 Å². The van der Waals surface area contributed by atoms with Crippen LogP contribution in [0.1, 0.15) is 30.9 Å². The molecule has 0 saturated carbocycles. The van der Waals surface area contributed by atoms with Gasteiger partial charge in [0.15, 0.2) is 0 Å². The molecule has 0 aliphatic carbocycles. The van der Waals surface area contributed by atoms with Crippen molar-refractivity contribution in [3.05, 3.63) is 35.4 Å². The van der Waals surface area contributed by atoms with Gasteiger partial charge in [-0.15, -0.1) is 0 Å². The van der Waals surface area contributed by atoms with Crippen molar-refractivity contribution in [1.82, 2.24) is 9.80 Å². The number of aryl methyl sites for hydroxylation is 1. The third-order valence-electron chi connectivity index (χ3n) is 4.53. The van der Waals surface area contributed by atoms with Crippen LogP contribution in [0, 0.1) is 6.92 Å². The number of methoxy groups -OCH3 is 1. The van der Waals surface area contributed by atoms with E-state index in [1.54, 1.807) is 7.11 Å². The van der Waals surface area contributed by atoms with E-state index in [1.807, 2.05) is 41.8 Å². The number of rotatable bonds is 5. The molecule has 1 aliphatic rings. The Labute approximate surface area is 144 Å². The minimum Gasteiger partial charge on any atom is -0.372 e. The Morgan fingerprint density at radius 1 is 1.17 bits per heavy atom. The van der Waals surface area contributed by atoms with Crippen molar-refractivity contribution < 1.29 is 14.3 Å². The number of carbonyl (C=O) groups is 2. The number of carbonyl (C=O) groups excluding carboxylic acids is 2. The van der Waals surface area contributed by atoms with E-state index in [-0.39, 0.29) is 17.9 Å². The van der Waals surface area contributed by atoms with Gasteiger partial charge in [0.2, 0.25) is 5.91 Å². The van der Waals surface area contributed by atoms with E-state index in [2.05, 4.69) is 6.07 Å². The third-order valence-corrected chi connectivity index (χ3v) is 4.53. The summed E-state index contributed by atoms with van der Waals surface area (Å²) >= 11 is 0. The van der Waals surface area contributed by atoms with Gasteiger partial charge < -0.3 is 14.5 Å². The Morgan fingerprint density at radius 3 is 2.54 bits per heavy atom. The highest BCUT2D eigenvalue weighted by atomic mass is 16.5. The summed E-state index contributed by atoms with van der Waals surface area (Å²) in [6.07, 6.45) is 1.53. The zero-order valence-electron chi connectivity index (χ0n) is 15.0. The lowest BCUT2D eigenvalue weighted by Crippen LogP contribution is -2.42. The molecule has 0 aromatic heterocycles. The van der Waals surface area contributed by atoms with Crippen LogP contribution in [-0.2, 0) is 20.7 Å². The van der Waals surface area contributed by atoms with Crippen LogP contribution in [0.4, 0.5) is 0 Å². The van der Waals surface area contributed by atoms with Gasteiger partial charge in [0.1, 0.15) is 6.10 Å². The topological polar surface area (TPSA) is 49.9 Å². The van der Waals surface area contributed by atoms with Crippen molar-refractivity contribution in [2.24, 2.45) is 0 Å². The van der Waals surface area contributed by atoms with Crippen molar-refractivity contribution in [3.63, 3.8) is 0 Å². The lowest BCUT2D eigenvalue weighted by atomic mass is 10.1. The fourth-order valence-electron chi connectivity index (χ4n) is 3.14. The maximum absolute atomic E-state index is 12.6. The molecule has 1 aromatic rings. The fraction of sp³-hybridized carbons (Fsp3) is 0.579. The van der Waals surface area contributed by atoms with E-state index in [1.165, 1.54) is 0 Å². The number of nitrogens with zero attached hydrogens (tertiary/aromatic N) is 2. The lowest BCUT2D eigenvalue weighted by Gasteiger charge is -2.25. The summed E-state index contributed by atoms with van der Waals surface area (Å²) in [5.74, 6) is 0.168. The van der Waals surface area contributed by atoms with Gasteiger partial charge >= 0.3 is 0 Å². The predicted octanol–water partition coefficient (Wildman–Crippen LogP) is 2.02. The molecule has 1 atom stereocenters. The highest BCUT2D eigenvalue weighted by Crippen LogP contribution is 2.11. The molecule has 24 heavy (non-hydrogen) atoms. The maximum Gasteiger partial charge on any atom is 0.251 e. The second kappa shape index (κ2) is 8.83. The minimum absolute atomic E-state index is 0.0352. The van der Waals surface area contributed by atoms with Gasteiger partial charge in [0.25, 0.3) is 5.91 Å². The summed E-state index contributed by atoms with van der Waals surface area (Å²) < 4.78 is 5.25. The molecule has 5 nitrogen and oxygen atoms in total. The van der Waals surface area contributed by atoms with Gasteiger partial charge in [-0.2, -0.15) is 0 Å². The zero-order valence-corrected chi connectivity index (χ0v) is 15.0. The Morgan fingerprint density at radius 2 is 1.88 bits per heavy atom. The lowest BCUT2D eigenvalue weighted by molar-refractivity contribution is -0.142. The number of hydrogen-bond acceptors (Lipinski definition) is 3. The SMILES string of the molecule is CCC(OC)C(=O)N1CCCN(C(=O)Cc2cccc(C)c2)CC1. The Balaban J connectivity index is 1.92. The van der Waals surface area contributed by atoms with Crippen molar-refractivity contribution >= 4 is 11.8 Å². The monoisotopic (exact) mass is 332 g/mol. The van der Waals surface area contributed by atoms with E-state index in [9.17, 15) is 9.59 Å². The van der Waals surface area contributed by atoms with Crippen molar-refractivity contribution in [1.29, 1.82) is 0 Å². The van der Waals surface area contributed by atoms with Crippen LogP contribution >= 0.6 is 0 Å². The van der Waals surface area contributed by atoms with Crippen LogP contribution in [0.5, 0.6) is 0 Å². The molecule has 1 fully saturated rings. The molecule has 1 aromatic carbocycles. The van der Waals surface area contributed by atoms with Crippen molar-refractivity contribution in [2.45, 2.75) is 39.2 Å². The summed E-state index contributed by atoms with van der Waals surface area (Å²) in [4.78, 5) is 28.7. The Kier molecular flexibility index (Phi) is 6.79. The molecular weight excluding hydrogens is 304 g/mol. The predicted molar refractivity (Wildman–Crippen MR) is 93.7 cm³/mol. The van der Waals surface area contributed by atoms with E-state index < -0.39 is 0 Å². The highest BCUT2D eigenvalue weighted by molar-refractivity contribution is 5.81. The quantitative estimate of drug-likeness (QED) is 0.829. The van der Waals surface area contributed by atoms with E-state index in [0.717, 1.165) is 17.5 Å². The fourth-order valence-corrected chi connectivity index (χ4v) is 3.14. The molecule has 1 aliphatic heterocycles.